The summed E-state index contributed by atoms with van der Waals surface area (Å²) in [5.41, 5.74) is 0.798. The predicted octanol–water partition coefficient (Wildman–Crippen LogP) is 8.30. The van der Waals surface area contributed by atoms with E-state index < -0.39 is 25.0 Å². The molecule has 3 nitrogen and oxygen atoms in total. The molecule has 0 aromatic carbocycles. The van der Waals surface area contributed by atoms with Gasteiger partial charge in [0.15, 0.2) is 25.0 Å². The van der Waals surface area contributed by atoms with E-state index >= 15 is 0 Å². The minimum Gasteiger partial charge on any atom is -0.415 e. The molecule has 34 heavy (non-hydrogen) atoms. The van der Waals surface area contributed by atoms with E-state index in [1.165, 1.54) is 51.4 Å². The van der Waals surface area contributed by atoms with Gasteiger partial charge in [-0.15, -0.1) is 0 Å². The predicted molar refractivity (Wildman–Crippen MR) is 152 cm³/mol. The van der Waals surface area contributed by atoms with Crippen LogP contribution in [0.15, 0.2) is 0 Å². The van der Waals surface area contributed by atoms with Crippen LogP contribution in [0.3, 0.4) is 0 Å². The van der Waals surface area contributed by atoms with E-state index in [0.29, 0.717) is 29.1 Å². The molecule has 0 aromatic rings. The standard InChI is InChI=1S/C28H56O3Si3/c1-27-16-14-21(29-32(3,4)5)18-20(27)19-24(30-33(6,7)8)26-22-12-13-25(31-34(9,10)11)28(22,2)17-15-23(26)27/h20-26H,12-19H2,1-11H3/t20-,21+,22?,23?,24-,25+,26?,27+,28+/m1/s1. The molecular formula is C28H56O3Si3. The molecule has 0 spiro atoms. The Hall–Kier alpha value is 0.531. The third-order valence-corrected chi connectivity index (χ3v) is 13.1. The second-order valence-electron chi connectivity index (χ2n) is 16.0. The monoisotopic (exact) mass is 524 g/mol. The van der Waals surface area contributed by atoms with Gasteiger partial charge in [-0.25, -0.2) is 0 Å². The lowest BCUT2D eigenvalue weighted by Gasteiger charge is -2.63. The molecule has 0 N–H and O–H groups in total. The summed E-state index contributed by atoms with van der Waals surface area (Å²) < 4.78 is 20.7. The van der Waals surface area contributed by atoms with E-state index in [1.807, 2.05) is 0 Å². The van der Waals surface area contributed by atoms with Gasteiger partial charge in [-0.1, -0.05) is 13.8 Å². The Morgan fingerprint density at radius 2 is 1.15 bits per heavy atom. The Morgan fingerprint density at radius 3 is 1.74 bits per heavy atom. The molecule has 198 valence electrons. The van der Waals surface area contributed by atoms with Crippen molar-refractivity contribution in [3.8, 4) is 0 Å². The van der Waals surface area contributed by atoms with E-state index in [-0.39, 0.29) is 0 Å². The molecule has 3 unspecified atom stereocenters. The first-order valence-electron chi connectivity index (χ1n) is 14.4. The fourth-order valence-corrected chi connectivity index (χ4v) is 12.5. The first kappa shape index (κ1) is 27.6. The number of hydrogen-bond acceptors (Lipinski definition) is 3. The Kier molecular flexibility index (Phi) is 7.36. The van der Waals surface area contributed by atoms with Crippen molar-refractivity contribution >= 4 is 25.0 Å². The molecule has 0 amide bonds. The zero-order chi connectivity index (χ0) is 25.3. The lowest BCUT2D eigenvalue weighted by Crippen LogP contribution is -2.61. The van der Waals surface area contributed by atoms with Crippen LogP contribution in [0.1, 0.15) is 65.2 Å². The third-order valence-electron chi connectivity index (χ3n) is 10.0. The van der Waals surface area contributed by atoms with Crippen molar-refractivity contribution in [1.82, 2.24) is 0 Å². The van der Waals surface area contributed by atoms with E-state index in [2.05, 4.69) is 72.8 Å². The van der Waals surface area contributed by atoms with Gasteiger partial charge in [0, 0.05) is 12.2 Å². The van der Waals surface area contributed by atoms with Crippen LogP contribution in [0.4, 0.5) is 0 Å². The van der Waals surface area contributed by atoms with Crippen molar-refractivity contribution in [3.05, 3.63) is 0 Å². The smallest absolute Gasteiger partial charge is 0.184 e. The summed E-state index contributed by atoms with van der Waals surface area (Å²) in [7, 11) is -4.68. The van der Waals surface area contributed by atoms with Gasteiger partial charge in [0.05, 0.1) is 6.10 Å². The normalized spacial score (nSPS) is 45.4. The van der Waals surface area contributed by atoms with Crippen molar-refractivity contribution in [3.63, 3.8) is 0 Å². The van der Waals surface area contributed by atoms with Crippen LogP contribution in [-0.4, -0.2) is 43.3 Å². The minimum absolute atomic E-state index is 0.337. The van der Waals surface area contributed by atoms with Crippen molar-refractivity contribution < 1.29 is 13.3 Å². The molecule has 6 heteroatoms. The summed E-state index contributed by atoms with van der Waals surface area (Å²) in [4.78, 5) is 0. The quantitative estimate of drug-likeness (QED) is 0.327. The molecule has 4 aliphatic carbocycles. The van der Waals surface area contributed by atoms with Gasteiger partial charge in [-0.05, 0) is 145 Å². The zero-order valence-corrected chi connectivity index (χ0v) is 27.4. The molecule has 9 atom stereocenters. The largest absolute Gasteiger partial charge is 0.415 e. The average molecular weight is 525 g/mol. The van der Waals surface area contributed by atoms with Crippen LogP contribution in [0.5, 0.6) is 0 Å². The summed E-state index contributed by atoms with van der Waals surface area (Å²) >= 11 is 0. The molecule has 0 bridgehead atoms. The highest BCUT2D eigenvalue weighted by atomic mass is 28.4. The summed E-state index contributed by atoms with van der Waals surface area (Å²) in [6.07, 6.45) is 11.9. The molecule has 4 rings (SSSR count). The minimum atomic E-state index is -1.63. The highest BCUT2D eigenvalue weighted by Crippen LogP contribution is 2.67. The molecule has 0 aliphatic heterocycles. The van der Waals surface area contributed by atoms with Crippen LogP contribution in [0, 0.1) is 34.5 Å². The van der Waals surface area contributed by atoms with Gasteiger partial charge in [0.25, 0.3) is 0 Å². The lowest BCUT2D eigenvalue weighted by molar-refractivity contribution is -0.170. The van der Waals surface area contributed by atoms with E-state index in [4.69, 9.17) is 13.3 Å². The first-order chi connectivity index (χ1) is 15.4. The summed E-state index contributed by atoms with van der Waals surface area (Å²) in [5.74, 6) is 3.05. The Bertz CT molecular complexity index is 739. The van der Waals surface area contributed by atoms with Crippen molar-refractivity contribution in [2.75, 3.05) is 0 Å². The van der Waals surface area contributed by atoms with Gasteiger partial charge < -0.3 is 13.3 Å². The third kappa shape index (κ3) is 5.52. The Balaban J connectivity index is 1.63. The van der Waals surface area contributed by atoms with Crippen LogP contribution in [0.25, 0.3) is 0 Å². The van der Waals surface area contributed by atoms with Crippen LogP contribution in [0.2, 0.25) is 58.9 Å². The van der Waals surface area contributed by atoms with Crippen molar-refractivity contribution in [2.45, 2.75) is 142 Å². The molecule has 0 radical (unpaired) electrons. The maximum atomic E-state index is 7.14. The Labute approximate surface area is 214 Å². The fourth-order valence-electron chi connectivity index (χ4n) is 8.91. The summed E-state index contributed by atoms with van der Waals surface area (Å²) in [6.45, 7) is 26.7. The average Bonchev–Trinajstić information content (AvgIpc) is 2.95. The topological polar surface area (TPSA) is 27.7 Å². The number of fused-ring (bicyclic) bond motifs is 5. The lowest BCUT2D eigenvalue weighted by atomic mass is 9.44. The summed E-state index contributed by atoms with van der Waals surface area (Å²) in [6, 6.07) is 0. The second kappa shape index (κ2) is 9.07. The molecule has 0 saturated heterocycles. The van der Waals surface area contributed by atoms with Crippen molar-refractivity contribution in [2.24, 2.45) is 34.5 Å². The maximum absolute atomic E-state index is 7.14. The SMILES string of the molecule is C[C@]12CCC3C(C1CC[C@@H]2O[Si](C)(C)C)[C@H](O[Si](C)(C)C)C[C@H]1C[C@@H](O[Si](C)(C)C)CC[C@]31C. The molecule has 4 saturated carbocycles. The first-order valence-corrected chi connectivity index (χ1v) is 24.7. The van der Waals surface area contributed by atoms with Gasteiger partial charge in [0.2, 0.25) is 0 Å². The highest BCUT2D eigenvalue weighted by Gasteiger charge is 2.63. The fraction of sp³-hybridized carbons (Fsp3) is 1.00. The van der Waals surface area contributed by atoms with Crippen LogP contribution in [-0.2, 0) is 13.3 Å². The van der Waals surface area contributed by atoms with Gasteiger partial charge in [-0.2, -0.15) is 0 Å². The van der Waals surface area contributed by atoms with Crippen LogP contribution >= 0.6 is 0 Å². The van der Waals surface area contributed by atoms with E-state index in [0.717, 1.165) is 23.7 Å². The van der Waals surface area contributed by atoms with E-state index in [1.54, 1.807) is 0 Å². The molecule has 4 fully saturated rings. The highest BCUT2D eigenvalue weighted by molar-refractivity contribution is 6.70. The van der Waals surface area contributed by atoms with E-state index in [9.17, 15) is 0 Å². The van der Waals surface area contributed by atoms with Crippen molar-refractivity contribution in [1.29, 1.82) is 0 Å². The van der Waals surface area contributed by atoms with Crippen LogP contribution < -0.4 is 0 Å². The zero-order valence-electron chi connectivity index (χ0n) is 24.4. The van der Waals surface area contributed by atoms with Gasteiger partial charge >= 0.3 is 0 Å². The molecular weight excluding hydrogens is 469 g/mol. The van der Waals surface area contributed by atoms with Gasteiger partial charge in [0.1, 0.15) is 0 Å². The molecule has 0 aromatic heterocycles. The van der Waals surface area contributed by atoms with Gasteiger partial charge in [-0.3, -0.25) is 0 Å². The maximum Gasteiger partial charge on any atom is 0.184 e. The molecule has 0 heterocycles. The number of rotatable bonds is 6. The number of hydrogen-bond donors (Lipinski definition) is 0. The Morgan fingerprint density at radius 1 is 0.588 bits per heavy atom. The second-order valence-corrected chi connectivity index (χ2v) is 29.3. The molecule has 4 aliphatic rings. The summed E-state index contributed by atoms with van der Waals surface area (Å²) in [5, 5.41) is 0.